The van der Waals surface area contributed by atoms with Gasteiger partial charge in [-0.25, -0.2) is 0 Å². The zero-order chi connectivity index (χ0) is 22.8. The van der Waals surface area contributed by atoms with E-state index in [0.717, 1.165) is 68.5 Å². The first kappa shape index (κ1) is 23.4. The number of guanidine groups is 1. The predicted molar refractivity (Wildman–Crippen MR) is 128 cm³/mol. The third kappa shape index (κ3) is 6.90. The van der Waals surface area contributed by atoms with Crippen molar-refractivity contribution in [3.8, 4) is 5.75 Å². The molecule has 2 N–H and O–H groups in total. The first-order valence-electron chi connectivity index (χ1n) is 11.2. The summed E-state index contributed by atoms with van der Waals surface area (Å²) in [7, 11) is 3.68. The van der Waals surface area contributed by atoms with Gasteiger partial charge in [0.2, 0.25) is 0 Å². The zero-order valence-corrected chi connectivity index (χ0v) is 19.6. The number of nitrogens with zero attached hydrogens (tertiary/aromatic N) is 3. The van der Waals surface area contributed by atoms with Crippen LogP contribution in [0.1, 0.15) is 34.7 Å². The van der Waals surface area contributed by atoms with Crippen molar-refractivity contribution in [2.24, 2.45) is 12.0 Å². The third-order valence-electron chi connectivity index (χ3n) is 5.62. The average Bonchev–Trinajstić information content (AvgIpc) is 3.39. The molecular weight excluding hydrogens is 402 g/mol. The highest BCUT2D eigenvalue weighted by atomic mass is 16.5. The normalized spacial score (nSPS) is 11.6. The summed E-state index contributed by atoms with van der Waals surface area (Å²) in [6.07, 6.45) is 5.41. The molecule has 0 bridgehead atoms. The lowest BCUT2D eigenvalue weighted by Crippen LogP contribution is -2.39. The summed E-state index contributed by atoms with van der Waals surface area (Å²) in [6.45, 7) is 6.53. The number of hydrogen-bond donors (Lipinski definition) is 2. The van der Waals surface area contributed by atoms with Crippen molar-refractivity contribution in [1.82, 2.24) is 20.4 Å². The van der Waals surface area contributed by atoms with E-state index in [9.17, 15) is 0 Å². The molecule has 0 unspecified atom stereocenters. The van der Waals surface area contributed by atoms with Crippen LogP contribution in [-0.2, 0) is 26.3 Å². The second-order valence-corrected chi connectivity index (χ2v) is 7.89. The number of aliphatic imine (C=N–C) groups is 1. The van der Waals surface area contributed by atoms with E-state index in [-0.39, 0.29) is 0 Å². The van der Waals surface area contributed by atoms with Gasteiger partial charge in [-0.1, -0.05) is 12.1 Å². The monoisotopic (exact) mass is 437 g/mol. The molecule has 0 fully saturated rings. The molecule has 0 spiro atoms. The number of methoxy groups -OCH3 is 1. The number of aryl methyl sites for hydroxylation is 2. The molecule has 0 aliphatic carbocycles. The van der Waals surface area contributed by atoms with Crippen molar-refractivity contribution in [3.63, 3.8) is 0 Å². The summed E-state index contributed by atoms with van der Waals surface area (Å²) < 4.78 is 12.6. The summed E-state index contributed by atoms with van der Waals surface area (Å²) in [5.41, 5.74) is 4.95. The third-order valence-corrected chi connectivity index (χ3v) is 5.62. The molecule has 3 rings (SSSR count). The lowest BCUT2D eigenvalue weighted by atomic mass is 10.1. The second kappa shape index (κ2) is 12.0. The van der Waals surface area contributed by atoms with E-state index in [1.54, 1.807) is 13.4 Å². The van der Waals surface area contributed by atoms with E-state index in [0.29, 0.717) is 0 Å². The molecule has 0 amide bonds. The summed E-state index contributed by atoms with van der Waals surface area (Å²) in [6, 6.07) is 12.1. The molecule has 0 saturated carbocycles. The molecule has 0 atom stereocenters. The lowest BCUT2D eigenvalue weighted by Gasteiger charge is -2.13. The summed E-state index contributed by atoms with van der Waals surface area (Å²) in [5, 5.41) is 11.4. The van der Waals surface area contributed by atoms with Crippen LogP contribution in [0.2, 0.25) is 0 Å². The number of furan rings is 1. The van der Waals surface area contributed by atoms with Gasteiger partial charge in [-0.3, -0.25) is 9.67 Å². The maximum absolute atomic E-state index is 5.43. The van der Waals surface area contributed by atoms with Crippen molar-refractivity contribution < 1.29 is 9.15 Å². The number of ether oxygens (including phenoxy) is 1. The van der Waals surface area contributed by atoms with Crippen molar-refractivity contribution in [1.29, 1.82) is 0 Å². The first-order chi connectivity index (χ1) is 15.6. The number of benzene rings is 1. The van der Waals surface area contributed by atoms with Crippen molar-refractivity contribution in [3.05, 3.63) is 70.9 Å². The van der Waals surface area contributed by atoms with Crippen molar-refractivity contribution in [2.75, 3.05) is 26.7 Å². The Morgan fingerprint density at radius 1 is 1.06 bits per heavy atom. The standard InChI is InChI=1S/C25H35N5O2/c1-19-24(20(2)30(3)29-19)8-5-15-26-25(28-17-14-23-7-6-18-32-23)27-16-13-21-9-11-22(31-4)12-10-21/h6-7,9-12,18H,5,8,13-17H2,1-4H3,(H2,26,27,28). The number of hydrogen-bond acceptors (Lipinski definition) is 4. The van der Waals surface area contributed by atoms with Gasteiger partial charge in [0.25, 0.3) is 0 Å². The maximum Gasteiger partial charge on any atom is 0.191 e. The molecule has 7 nitrogen and oxygen atoms in total. The van der Waals surface area contributed by atoms with E-state index in [1.807, 2.05) is 36.0 Å². The molecule has 1 aromatic carbocycles. The molecule has 0 saturated heterocycles. The average molecular weight is 438 g/mol. The highest BCUT2D eigenvalue weighted by molar-refractivity contribution is 5.79. The molecule has 0 aliphatic heterocycles. The Balaban J connectivity index is 1.50. The molecule has 2 heterocycles. The minimum atomic E-state index is 0.756. The summed E-state index contributed by atoms with van der Waals surface area (Å²) in [5.74, 6) is 2.69. The van der Waals surface area contributed by atoms with Gasteiger partial charge in [-0.05, 0) is 68.5 Å². The molecule has 0 radical (unpaired) electrons. The maximum atomic E-state index is 5.43. The topological polar surface area (TPSA) is 76.6 Å². The molecule has 172 valence electrons. The highest BCUT2D eigenvalue weighted by Crippen LogP contribution is 2.14. The quantitative estimate of drug-likeness (QED) is 0.272. The Labute approximate surface area is 190 Å². The van der Waals surface area contributed by atoms with Crippen molar-refractivity contribution in [2.45, 2.75) is 39.5 Å². The number of aromatic nitrogens is 2. The van der Waals surface area contributed by atoms with E-state index < -0.39 is 0 Å². The van der Waals surface area contributed by atoms with Gasteiger partial charge in [0.15, 0.2) is 5.96 Å². The molecular formula is C25H35N5O2. The number of rotatable bonds is 11. The van der Waals surface area contributed by atoms with Gasteiger partial charge < -0.3 is 19.8 Å². The molecule has 3 aromatic rings. The molecule has 2 aromatic heterocycles. The Kier molecular flexibility index (Phi) is 8.78. The minimum absolute atomic E-state index is 0.756. The molecule has 0 aliphatic rings. The fourth-order valence-corrected chi connectivity index (χ4v) is 3.68. The van der Waals surface area contributed by atoms with Crippen LogP contribution in [0, 0.1) is 13.8 Å². The van der Waals surface area contributed by atoms with Crippen LogP contribution in [0.4, 0.5) is 0 Å². The van der Waals surface area contributed by atoms with Gasteiger partial charge in [-0.2, -0.15) is 5.10 Å². The largest absolute Gasteiger partial charge is 0.497 e. The number of nitrogens with one attached hydrogen (secondary N) is 2. The van der Waals surface area contributed by atoms with Crippen LogP contribution in [-0.4, -0.2) is 42.5 Å². The van der Waals surface area contributed by atoms with E-state index in [2.05, 4.69) is 41.7 Å². The first-order valence-corrected chi connectivity index (χ1v) is 11.2. The van der Waals surface area contributed by atoms with Crippen LogP contribution in [0.3, 0.4) is 0 Å². The smallest absolute Gasteiger partial charge is 0.191 e. The van der Waals surface area contributed by atoms with Gasteiger partial charge in [-0.15, -0.1) is 0 Å². The SMILES string of the molecule is COc1ccc(CCNC(=NCCCc2c(C)nn(C)c2C)NCCc2ccco2)cc1. The second-order valence-electron chi connectivity index (χ2n) is 7.89. The Morgan fingerprint density at radius 2 is 1.81 bits per heavy atom. The lowest BCUT2D eigenvalue weighted by molar-refractivity contribution is 0.414. The van der Waals surface area contributed by atoms with Crippen LogP contribution >= 0.6 is 0 Å². The Hall–Kier alpha value is -3.22. The molecule has 32 heavy (non-hydrogen) atoms. The summed E-state index contributed by atoms with van der Waals surface area (Å²) >= 11 is 0. The van der Waals surface area contributed by atoms with Crippen LogP contribution in [0.15, 0.2) is 52.1 Å². The Morgan fingerprint density at radius 3 is 2.44 bits per heavy atom. The Bertz CT molecular complexity index is 975. The minimum Gasteiger partial charge on any atom is -0.497 e. The van der Waals surface area contributed by atoms with Crippen LogP contribution < -0.4 is 15.4 Å². The van der Waals surface area contributed by atoms with E-state index >= 15 is 0 Å². The zero-order valence-electron chi connectivity index (χ0n) is 19.6. The van der Waals surface area contributed by atoms with Crippen LogP contribution in [0.25, 0.3) is 0 Å². The fourth-order valence-electron chi connectivity index (χ4n) is 3.68. The predicted octanol–water partition coefficient (Wildman–Crippen LogP) is 3.59. The van der Waals surface area contributed by atoms with Gasteiger partial charge >= 0.3 is 0 Å². The molecule has 7 heteroatoms. The van der Waals surface area contributed by atoms with Crippen LogP contribution in [0.5, 0.6) is 5.75 Å². The van der Waals surface area contributed by atoms with Gasteiger partial charge in [0.1, 0.15) is 11.5 Å². The van der Waals surface area contributed by atoms with Crippen molar-refractivity contribution >= 4 is 5.96 Å². The summed E-state index contributed by atoms with van der Waals surface area (Å²) in [4.78, 5) is 4.80. The fraction of sp³-hybridized carbons (Fsp3) is 0.440. The van der Waals surface area contributed by atoms with Gasteiger partial charge in [0.05, 0.1) is 19.1 Å². The highest BCUT2D eigenvalue weighted by Gasteiger charge is 2.08. The van der Waals surface area contributed by atoms with E-state index in [4.69, 9.17) is 14.1 Å². The van der Waals surface area contributed by atoms with E-state index in [1.165, 1.54) is 16.8 Å². The van der Waals surface area contributed by atoms with Gasteiger partial charge in [0, 0.05) is 38.8 Å².